The van der Waals surface area contributed by atoms with E-state index in [0.29, 0.717) is 17.7 Å². The number of rotatable bonds is 6. The van der Waals surface area contributed by atoms with E-state index in [1.807, 2.05) is 0 Å². The van der Waals surface area contributed by atoms with Crippen LogP contribution in [0.15, 0.2) is 24.3 Å². The monoisotopic (exact) mass is 258 g/mol. The van der Waals surface area contributed by atoms with Crippen LogP contribution in [0.3, 0.4) is 0 Å². The second-order valence-electron chi connectivity index (χ2n) is 3.86. The highest BCUT2D eigenvalue weighted by molar-refractivity contribution is 7.88. The minimum absolute atomic E-state index is 0.170. The molecule has 1 rings (SSSR count). The van der Waals surface area contributed by atoms with Crippen LogP contribution in [-0.2, 0) is 15.8 Å². The lowest BCUT2D eigenvalue weighted by molar-refractivity contribution is 0.254. The fourth-order valence-electron chi connectivity index (χ4n) is 1.42. The van der Waals surface area contributed by atoms with Crippen molar-refractivity contribution in [2.45, 2.75) is 25.1 Å². The summed E-state index contributed by atoms with van der Waals surface area (Å²) in [7, 11) is -3.47. The van der Waals surface area contributed by atoms with Crippen LogP contribution in [0, 0.1) is 0 Å². The zero-order valence-corrected chi connectivity index (χ0v) is 10.6. The Morgan fingerprint density at radius 1 is 1.41 bits per heavy atom. The number of anilines is 1. The third-order valence-electron chi connectivity index (χ3n) is 2.46. The van der Waals surface area contributed by atoms with Gasteiger partial charge in [0.15, 0.2) is 0 Å². The zero-order valence-electron chi connectivity index (χ0n) is 9.76. The zero-order chi connectivity index (χ0) is 12.9. The standard InChI is InChI=1S/C11H18N2O3S/c1-2-10(7-14)13-17(15,16)8-9-5-3-4-6-11(9)12/h3-6,10,13-14H,2,7-8,12H2,1H3/t10-/m0/s1. The SMILES string of the molecule is CC[C@@H](CO)NS(=O)(=O)Cc1ccccc1N. The first-order chi connectivity index (χ1) is 7.98. The van der Waals surface area contributed by atoms with Gasteiger partial charge in [-0.15, -0.1) is 0 Å². The molecule has 5 nitrogen and oxygen atoms in total. The van der Waals surface area contributed by atoms with Gasteiger partial charge in [0.05, 0.1) is 12.4 Å². The highest BCUT2D eigenvalue weighted by atomic mass is 32.2. The molecule has 0 aliphatic heterocycles. The molecule has 0 aliphatic rings. The lowest BCUT2D eigenvalue weighted by Gasteiger charge is -2.14. The Morgan fingerprint density at radius 3 is 2.59 bits per heavy atom. The fraction of sp³-hybridized carbons (Fsp3) is 0.455. The van der Waals surface area contributed by atoms with Gasteiger partial charge < -0.3 is 10.8 Å². The Balaban J connectivity index is 2.77. The Morgan fingerprint density at radius 2 is 2.06 bits per heavy atom. The summed E-state index contributed by atoms with van der Waals surface area (Å²) in [5, 5.41) is 8.96. The second kappa shape index (κ2) is 6.00. The summed E-state index contributed by atoms with van der Waals surface area (Å²) in [5.41, 5.74) is 6.70. The van der Waals surface area contributed by atoms with Gasteiger partial charge in [-0.05, 0) is 18.1 Å². The molecule has 0 heterocycles. The van der Waals surface area contributed by atoms with E-state index in [9.17, 15) is 8.42 Å². The predicted octanol–water partition coefficient (Wildman–Crippen LogP) is 0.459. The number of nitrogens with one attached hydrogen (secondary N) is 1. The maximum absolute atomic E-state index is 11.8. The fourth-order valence-corrected chi connectivity index (χ4v) is 2.92. The first-order valence-corrected chi connectivity index (χ1v) is 7.08. The molecule has 0 fully saturated rings. The van der Waals surface area contributed by atoms with E-state index in [-0.39, 0.29) is 12.4 Å². The summed E-state index contributed by atoms with van der Waals surface area (Å²) in [6, 6.07) is 6.39. The molecule has 0 aromatic heterocycles. The van der Waals surface area contributed by atoms with Gasteiger partial charge in [-0.25, -0.2) is 13.1 Å². The number of aliphatic hydroxyl groups excluding tert-OH is 1. The van der Waals surface area contributed by atoms with Crippen LogP contribution in [0.4, 0.5) is 5.69 Å². The molecule has 17 heavy (non-hydrogen) atoms. The summed E-state index contributed by atoms with van der Waals surface area (Å²) < 4.78 is 26.0. The lowest BCUT2D eigenvalue weighted by Crippen LogP contribution is -2.37. The van der Waals surface area contributed by atoms with Gasteiger partial charge in [-0.1, -0.05) is 25.1 Å². The molecule has 1 aromatic rings. The molecule has 0 amide bonds. The van der Waals surface area contributed by atoms with Gasteiger partial charge in [0, 0.05) is 11.7 Å². The number of benzene rings is 1. The summed E-state index contributed by atoms with van der Waals surface area (Å²) >= 11 is 0. The molecular weight excluding hydrogens is 240 g/mol. The Hall–Kier alpha value is -1.11. The van der Waals surface area contributed by atoms with E-state index in [0.717, 1.165) is 0 Å². The van der Waals surface area contributed by atoms with Gasteiger partial charge in [-0.2, -0.15) is 0 Å². The number of hydrogen-bond donors (Lipinski definition) is 3. The topological polar surface area (TPSA) is 92.4 Å². The Bertz CT molecular complexity index is 456. The van der Waals surface area contributed by atoms with E-state index >= 15 is 0 Å². The number of para-hydroxylation sites is 1. The van der Waals surface area contributed by atoms with E-state index in [2.05, 4.69) is 4.72 Å². The van der Waals surface area contributed by atoms with Crippen LogP contribution < -0.4 is 10.5 Å². The summed E-state index contributed by atoms with van der Waals surface area (Å²) in [5.74, 6) is -0.170. The highest BCUT2D eigenvalue weighted by Crippen LogP contribution is 2.13. The van der Waals surface area contributed by atoms with Crippen molar-refractivity contribution in [2.75, 3.05) is 12.3 Å². The quantitative estimate of drug-likeness (QED) is 0.646. The molecule has 0 saturated carbocycles. The van der Waals surface area contributed by atoms with Gasteiger partial charge in [0.25, 0.3) is 0 Å². The maximum Gasteiger partial charge on any atom is 0.216 e. The normalized spacial score (nSPS) is 13.5. The largest absolute Gasteiger partial charge is 0.398 e. The number of nitrogen functional groups attached to an aromatic ring is 1. The van der Waals surface area contributed by atoms with E-state index in [4.69, 9.17) is 10.8 Å². The number of hydrogen-bond acceptors (Lipinski definition) is 4. The van der Waals surface area contributed by atoms with Gasteiger partial charge in [0.1, 0.15) is 0 Å². The van der Waals surface area contributed by atoms with Crippen molar-refractivity contribution in [1.29, 1.82) is 0 Å². The molecule has 1 atom stereocenters. The number of aliphatic hydroxyl groups is 1. The second-order valence-corrected chi connectivity index (χ2v) is 5.62. The van der Waals surface area contributed by atoms with Crippen LogP contribution >= 0.6 is 0 Å². The van der Waals surface area contributed by atoms with Gasteiger partial charge in [0.2, 0.25) is 10.0 Å². The Labute approximate surface area is 102 Å². The molecule has 0 unspecified atom stereocenters. The average Bonchev–Trinajstić information content (AvgIpc) is 2.29. The van der Waals surface area contributed by atoms with E-state index in [1.54, 1.807) is 31.2 Å². The third-order valence-corrected chi connectivity index (χ3v) is 3.84. The van der Waals surface area contributed by atoms with Crippen LogP contribution in [-0.4, -0.2) is 26.2 Å². The smallest absolute Gasteiger partial charge is 0.216 e. The maximum atomic E-state index is 11.8. The lowest BCUT2D eigenvalue weighted by atomic mass is 10.2. The third kappa shape index (κ3) is 4.33. The molecule has 1 aromatic carbocycles. The van der Waals surface area contributed by atoms with Crippen LogP contribution in [0.2, 0.25) is 0 Å². The van der Waals surface area contributed by atoms with Crippen molar-refractivity contribution in [3.05, 3.63) is 29.8 Å². The van der Waals surface area contributed by atoms with Crippen molar-refractivity contribution < 1.29 is 13.5 Å². The van der Waals surface area contributed by atoms with Crippen molar-refractivity contribution in [3.8, 4) is 0 Å². The van der Waals surface area contributed by atoms with Crippen LogP contribution in [0.1, 0.15) is 18.9 Å². The summed E-state index contributed by atoms with van der Waals surface area (Å²) in [6.45, 7) is 1.60. The van der Waals surface area contributed by atoms with Gasteiger partial charge in [-0.3, -0.25) is 0 Å². The first-order valence-electron chi connectivity index (χ1n) is 5.42. The molecule has 96 valence electrons. The molecule has 0 spiro atoms. The van der Waals surface area contributed by atoms with Crippen molar-refractivity contribution in [2.24, 2.45) is 0 Å². The molecular formula is C11H18N2O3S. The predicted molar refractivity (Wildman–Crippen MR) is 67.8 cm³/mol. The molecule has 0 aliphatic carbocycles. The molecule has 4 N–H and O–H groups in total. The first kappa shape index (κ1) is 14.0. The number of nitrogens with two attached hydrogens (primary N) is 1. The van der Waals surface area contributed by atoms with Crippen molar-refractivity contribution in [3.63, 3.8) is 0 Å². The van der Waals surface area contributed by atoms with Crippen molar-refractivity contribution in [1.82, 2.24) is 4.72 Å². The summed E-state index contributed by atoms with van der Waals surface area (Å²) in [4.78, 5) is 0. The minimum Gasteiger partial charge on any atom is -0.398 e. The van der Waals surface area contributed by atoms with E-state index < -0.39 is 16.1 Å². The number of sulfonamides is 1. The summed E-state index contributed by atoms with van der Waals surface area (Å²) in [6.07, 6.45) is 0.542. The highest BCUT2D eigenvalue weighted by Gasteiger charge is 2.17. The molecule has 0 bridgehead atoms. The van der Waals surface area contributed by atoms with Gasteiger partial charge >= 0.3 is 0 Å². The average molecular weight is 258 g/mol. The van der Waals surface area contributed by atoms with Crippen LogP contribution in [0.25, 0.3) is 0 Å². The van der Waals surface area contributed by atoms with Crippen LogP contribution in [0.5, 0.6) is 0 Å². The Kier molecular flexibility index (Phi) is 4.92. The van der Waals surface area contributed by atoms with Crippen molar-refractivity contribution >= 4 is 15.7 Å². The molecule has 6 heteroatoms. The molecule has 0 radical (unpaired) electrons. The minimum atomic E-state index is -3.47. The van der Waals surface area contributed by atoms with E-state index in [1.165, 1.54) is 0 Å². The molecule has 0 saturated heterocycles.